The van der Waals surface area contributed by atoms with Gasteiger partial charge >= 0.3 is 12.2 Å². The molecule has 2 heterocycles. The number of alkyl halides is 3. The van der Waals surface area contributed by atoms with E-state index in [9.17, 15) is 22.8 Å². The molecule has 0 saturated carbocycles. The van der Waals surface area contributed by atoms with Crippen molar-refractivity contribution in [2.24, 2.45) is 0 Å². The average molecular weight is 237 g/mol. The monoisotopic (exact) mass is 237 g/mol. The Morgan fingerprint density at radius 3 is 2.62 bits per heavy atom. The minimum Gasteiger partial charge on any atom is -0.312 e. The van der Waals surface area contributed by atoms with Crippen LogP contribution in [-0.4, -0.2) is 60.1 Å². The summed E-state index contributed by atoms with van der Waals surface area (Å²) in [6, 6.07) is -1.61. The smallest absolute Gasteiger partial charge is 0.312 e. The van der Waals surface area contributed by atoms with Gasteiger partial charge in [-0.3, -0.25) is 9.69 Å². The van der Waals surface area contributed by atoms with Gasteiger partial charge in [-0.25, -0.2) is 4.79 Å². The van der Waals surface area contributed by atoms with E-state index < -0.39 is 30.7 Å². The van der Waals surface area contributed by atoms with Crippen molar-refractivity contribution in [2.45, 2.75) is 12.2 Å². The highest BCUT2D eigenvalue weighted by Gasteiger charge is 2.49. The van der Waals surface area contributed by atoms with Crippen molar-refractivity contribution >= 4 is 11.9 Å². The van der Waals surface area contributed by atoms with Crippen molar-refractivity contribution in [3.8, 4) is 0 Å². The summed E-state index contributed by atoms with van der Waals surface area (Å²) in [5.74, 6) is -0.769. The summed E-state index contributed by atoms with van der Waals surface area (Å²) in [5, 5.41) is 2.87. The number of fused-ring (bicyclic) bond motifs is 1. The van der Waals surface area contributed by atoms with Crippen molar-refractivity contribution in [3.63, 3.8) is 0 Å². The summed E-state index contributed by atoms with van der Waals surface area (Å²) in [5.41, 5.74) is 0. The van der Waals surface area contributed by atoms with Gasteiger partial charge in [-0.1, -0.05) is 0 Å². The molecule has 2 aliphatic rings. The van der Waals surface area contributed by atoms with E-state index >= 15 is 0 Å². The molecule has 90 valence electrons. The highest BCUT2D eigenvalue weighted by Crippen LogP contribution is 2.24. The lowest BCUT2D eigenvalue weighted by Gasteiger charge is -2.26. The molecule has 2 saturated heterocycles. The third-order valence-corrected chi connectivity index (χ3v) is 2.61. The van der Waals surface area contributed by atoms with Crippen LogP contribution in [-0.2, 0) is 4.79 Å². The Hall–Kier alpha value is -1.31. The first-order valence-electron chi connectivity index (χ1n) is 4.79. The van der Waals surface area contributed by atoms with Gasteiger partial charge in [0.1, 0.15) is 12.6 Å². The van der Waals surface area contributed by atoms with Crippen molar-refractivity contribution in [1.82, 2.24) is 15.1 Å². The van der Waals surface area contributed by atoms with Crippen LogP contribution in [0.4, 0.5) is 18.0 Å². The first-order chi connectivity index (χ1) is 7.40. The third kappa shape index (κ3) is 1.84. The summed E-state index contributed by atoms with van der Waals surface area (Å²) in [6.45, 7) is -0.518. The first kappa shape index (κ1) is 11.2. The topological polar surface area (TPSA) is 52.7 Å². The first-order valence-corrected chi connectivity index (χ1v) is 4.79. The summed E-state index contributed by atoms with van der Waals surface area (Å²) in [6.07, 6.45) is -4.55. The summed E-state index contributed by atoms with van der Waals surface area (Å²) in [7, 11) is 0. The minimum absolute atomic E-state index is 0.221. The predicted octanol–water partition coefficient (Wildman–Crippen LogP) is -0.215. The minimum atomic E-state index is -4.55. The maximum atomic E-state index is 12.2. The molecule has 2 fully saturated rings. The Kier molecular flexibility index (Phi) is 2.53. The largest absolute Gasteiger partial charge is 0.406 e. The molecule has 1 unspecified atom stereocenters. The highest BCUT2D eigenvalue weighted by atomic mass is 19.4. The molecule has 1 N–H and O–H groups in total. The molecule has 0 aromatic heterocycles. The molecule has 8 heteroatoms. The van der Waals surface area contributed by atoms with Gasteiger partial charge in [0.2, 0.25) is 0 Å². The summed E-state index contributed by atoms with van der Waals surface area (Å²) >= 11 is 0. The van der Waals surface area contributed by atoms with Crippen LogP contribution >= 0.6 is 0 Å². The molecule has 0 radical (unpaired) electrons. The van der Waals surface area contributed by atoms with E-state index in [-0.39, 0.29) is 18.0 Å². The second kappa shape index (κ2) is 3.62. The Labute approximate surface area is 89.2 Å². The number of carbonyl (C=O) groups excluding carboxylic acids is 2. The Morgan fingerprint density at radius 2 is 2.06 bits per heavy atom. The van der Waals surface area contributed by atoms with Gasteiger partial charge in [-0.15, -0.1) is 0 Å². The molecule has 0 aliphatic carbocycles. The van der Waals surface area contributed by atoms with Crippen LogP contribution < -0.4 is 5.32 Å². The second-order valence-electron chi connectivity index (χ2n) is 3.74. The Balaban J connectivity index is 2.15. The summed E-state index contributed by atoms with van der Waals surface area (Å²) in [4.78, 5) is 24.5. The number of hydrogen-bond acceptors (Lipinski definition) is 3. The number of urea groups is 1. The zero-order valence-corrected chi connectivity index (χ0v) is 8.25. The molecule has 2 rings (SSSR count). The molecular formula is C8H10F3N3O2. The van der Waals surface area contributed by atoms with Gasteiger partial charge in [0, 0.05) is 19.6 Å². The molecule has 3 amide bonds. The van der Waals surface area contributed by atoms with Crippen LogP contribution in [0.3, 0.4) is 0 Å². The number of hydrogen-bond donors (Lipinski definition) is 1. The fourth-order valence-corrected chi connectivity index (χ4v) is 1.91. The van der Waals surface area contributed by atoms with E-state index in [1.54, 1.807) is 0 Å². The SMILES string of the molecule is O=C1C2CNCCN2C(=O)N1CC(F)(F)F. The summed E-state index contributed by atoms with van der Waals surface area (Å²) < 4.78 is 36.5. The maximum Gasteiger partial charge on any atom is 0.406 e. The number of imide groups is 1. The van der Waals surface area contributed by atoms with Crippen LogP contribution in [0.1, 0.15) is 0 Å². The van der Waals surface area contributed by atoms with E-state index in [1.807, 2.05) is 0 Å². The number of nitrogens with one attached hydrogen (secondary N) is 1. The highest BCUT2D eigenvalue weighted by molar-refractivity contribution is 6.04. The number of piperazine rings is 1. The number of nitrogens with zero attached hydrogens (tertiary/aromatic N) is 2. The number of carbonyl (C=O) groups is 2. The van der Waals surface area contributed by atoms with Gasteiger partial charge in [0.25, 0.3) is 5.91 Å². The molecule has 2 aliphatic heterocycles. The van der Waals surface area contributed by atoms with E-state index in [0.29, 0.717) is 6.54 Å². The molecule has 5 nitrogen and oxygen atoms in total. The van der Waals surface area contributed by atoms with Crippen LogP contribution in [0.2, 0.25) is 0 Å². The lowest BCUT2D eigenvalue weighted by Crippen LogP contribution is -2.51. The van der Waals surface area contributed by atoms with Crippen LogP contribution in [0, 0.1) is 0 Å². The lowest BCUT2D eigenvalue weighted by molar-refractivity contribution is -0.153. The maximum absolute atomic E-state index is 12.2. The van der Waals surface area contributed by atoms with Gasteiger partial charge in [-0.2, -0.15) is 13.2 Å². The Morgan fingerprint density at radius 1 is 1.38 bits per heavy atom. The van der Waals surface area contributed by atoms with Crippen LogP contribution in [0.25, 0.3) is 0 Å². The normalized spacial score (nSPS) is 26.3. The van der Waals surface area contributed by atoms with Crippen molar-refractivity contribution < 1.29 is 22.8 Å². The van der Waals surface area contributed by atoms with Crippen molar-refractivity contribution in [2.75, 3.05) is 26.2 Å². The molecule has 0 bridgehead atoms. The quantitative estimate of drug-likeness (QED) is 0.642. The number of amides is 3. The van der Waals surface area contributed by atoms with E-state index in [1.165, 1.54) is 4.90 Å². The van der Waals surface area contributed by atoms with E-state index in [0.717, 1.165) is 0 Å². The Bertz CT molecular complexity index is 307. The molecule has 0 aromatic carbocycles. The van der Waals surface area contributed by atoms with Crippen LogP contribution in [0.5, 0.6) is 0 Å². The van der Waals surface area contributed by atoms with Gasteiger partial charge in [0.05, 0.1) is 0 Å². The number of halogens is 3. The fraction of sp³-hybridized carbons (Fsp3) is 0.750. The lowest BCUT2D eigenvalue weighted by atomic mass is 10.2. The second-order valence-corrected chi connectivity index (χ2v) is 3.74. The molecule has 0 spiro atoms. The molecule has 16 heavy (non-hydrogen) atoms. The number of rotatable bonds is 1. The van der Waals surface area contributed by atoms with Gasteiger partial charge in [0.15, 0.2) is 0 Å². The van der Waals surface area contributed by atoms with Gasteiger partial charge in [-0.05, 0) is 0 Å². The van der Waals surface area contributed by atoms with E-state index in [2.05, 4.69) is 5.32 Å². The third-order valence-electron chi connectivity index (χ3n) is 2.61. The van der Waals surface area contributed by atoms with E-state index in [4.69, 9.17) is 0 Å². The van der Waals surface area contributed by atoms with Crippen molar-refractivity contribution in [1.29, 1.82) is 0 Å². The standard InChI is InChI=1S/C8H10F3N3O2/c9-8(10,11)4-14-6(15)5-3-12-1-2-13(5)7(14)16/h5,12H,1-4H2. The average Bonchev–Trinajstić information content (AvgIpc) is 2.43. The molecule has 1 atom stereocenters. The van der Waals surface area contributed by atoms with Crippen molar-refractivity contribution in [3.05, 3.63) is 0 Å². The zero-order chi connectivity index (χ0) is 11.9. The van der Waals surface area contributed by atoms with Crippen LogP contribution in [0.15, 0.2) is 0 Å². The fourth-order valence-electron chi connectivity index (χ4n) is 1.91. The van der Waals surface area contributed by atoms with Gasteiger partial charge < -0.3 is 10.2 Å². The predicted molar refractivity (Wildman–Crippen MR) is 46.5 cm³/mol. The zero-order valence-electron chi connectivity index (χ0n) is 8.25. The molecule has 0 aromatic rings. The molecular weight excluding hydrogens is 227 g/mol.